The second-order valence-corrected chi connectivity index (χ2v) is 16.4. The fraction of sp³-hybridized carbons (Fsp3) is 0. The van der Waals surface area contributed by atoms with E-state index in [1.165, 1.54) is 32.6 Å². The Morgan fingerprint density at radius 1 is 0.250 bits per heavy atom. The van der Waals surface area contributed by atoms with Crippen LogP contribution in [0.4, 0.5) is 0 Å². The minimum absolute atomic E-state index is 0.537. The molecule has 0 fully saturated rings. The smallest absolute Gasteiger partial charge is 0.240 e. The summed E-state index contributed by atoms with van der Waals surface area (Å²) in [5.74, 6) is 1.66. The van der Waals surface area contributed by atoms with Gasteiger partial charge in [0.15, 0.2) is 5.82 Å². The first-order valence-corrected chi connectivity index (χ1v) is 21.6. The highest BCUT2D eigenvalue weighted by Crippen LogP contribution is 2.39. The number of benzene rings is 9. The van der Waals surface area contributed by atoms with Crippen LogP contribution in [-0.4, -0.2) is 33.2 Å². The zero-order valence-corrected chi connectivity index (χ0v) is 34.3. The maximum Gasteiger partial charge on any atom is 0.240 e. The van der Waals surface area contributed by atoms with Gasteiger partial charge >= 0.3 is 0 Å². The molecule has 0 radical (unpaired) electrons. The lowest BCUT2D eigenvalue weighted by atomic mass is 10.1. The molecule has 0 aliphatic heterocycles. The normalized spacial score (nSPS) is 12.1. The van der Waals surface area contributed by atoms with Crippen LogP contribution in [0.3, 0.4) is 0 Å². The number of rotatable bonds is 5. The van der Waals surface area contributed by atoms with Crippen molar-refractivity contribution in [3.8, 4) is 34.7 Å². The first-order valence-electron chi connectivity index (χ1n) is 21.6. The van der Waals surface area contributed by atoms with E-state index in [1.54, 1.807) is 0 Å². The van der Waals surface area contributed by atoms with Crippen molar-refractivity contribution < 1.29 is 0 Å². The van der Waals surface area contributed by atoms with Gasteiger partial charge in [-0.25, -0.2) is 0 Å². The number of nitrogens with zero attached hydrogens (tertiary/aromatic N) is 7. The Morgan fingerprint density at radius 3 is 1.02 bits per heavy atom. The molecule has 5 heterocycles. The molecule has 0 bridgehead atoms. The maximum atomic E-state index is 5.51. The number of aromatic nitrogens is 7. The first kappa shape index (κ1) is 34.9. The highest BCUT2D eigenvalue weighted by atomic mass is 15.3. The van der Waals surface area contributed by atoms with Crippen LogP contribution in [0.5, 0.6) is 0 Å². The van der Waals surface area contributed by atoms with Gasteiger partial charge in [-0.3, -0.25) is 9.13 Å². The summed E-state index contributed by atoms with van der Waals surface area (Å²) in [6, 6.07) is 75.4. The second-order valence-electron chi connectivity index (χ2n) is 16.4. The Hall–Kier alpha value is -8.81. The summed E-state index contributed by atoms with van der Waals surface area (Å²) in [5, 5.41) is 9.37. The zero-order chi connectivity index (χ0) is 41.9. The lowest BCUT2D eigenvalue weighted by molar-refractivity contribution is 0.892. The molecule has 64 heavy (non-hydrogen) atoms. The van der Waals surface area contributed by atoms with Crippen molar-refractivity contribution in [1.29, 1.82) is 0 Å². The van der Waals surface area contributed by atoms with Crippen molar-refractivity contribution in [3.63, 3.8) is 0 Å². The predicted molar refractivity (Wildman–Crippen MR) is 263 cm³/mol. The Bertz CT molecular complexity index is 4060. The highest BCUT2D eigenvalue weighted by molar-refractivity contribution is 6.13. The summed E-state index contributed by atoms with van der Waals surface area (Å²) in [4.78, 5) is 16.5. The van der Waals surface area contributed by atoms with Crippen LogP contribution in [0.1, 0.15) is 0 Å². The zero-order valence-electron chi connectivity index (χ0n) is 34.3. The molecule has 0 saturated heterocycles. The Labute approximate surface area is 366 Å². The molecule has 14 rings (SSSR count). The average Bonchev–Trinajstić information content (AvgIpc) is 4.09. The summed E-state index contributed by atoms with van der Waals surface area (Å²) in [6.45, 7) is 0. The summed E-state index contributed by atoms with van der Waals surface area (Å²) in [7, 11) is 0. The number of para-hydroxylation sites is 8. The molecule has 14 aromatic rings. The second kappa shape index (κ2) is 13.3. The van der Waals surface area contributed by atoms with Gasteiger partial charge in [0, 0.05) is 54.3 Å². The lowest BCUT2D eigenvalue weighted by Gasteiger charge is -2.16. The molecule has 0 aliphatic rings. The summed E-state index contributed by atoms with van der Waals surface area (Å²) >= 11 is 0. The van der Waals surface area contributed by atoms with Gasteiger partial charge in [0.25, 0.3) is 0 Å². The third-order valence-electron chi connectivity index (χ3n) is 13.1. The molecule has 0 aliphatic carbocycles. The van der Waals surface area contributed by atoms with Crippen LogP contribution >= 0.6 is 0 Å². The van der Waals surface area contributed by atoms with Crippen LogP contribution in [0, 0.1) is 0 Å². The molecule has 0 amide bonds. The van der Waals surface area contributed by atoms with Crippen molar-refractivity contribution >= 4 is 87.2 Å². The molecule has 0 unspecified atom stereocenters. The van der Waals surface area contributed by atoms with Crippen molar-refractivity contribution in [2.45, 2.75) is 0 Å². The van der Waals surface area contributed by atoms with Crippen molar-refractivity contribution in [2.75, 3.05) is 0 Å². The third kappa shape index (κ3) is 4.89. The average molecular weight is 818 g/mol. The van der Waals surface area contributed by atoms with Gasteiger partial charge in [-0.2, -0.15) is 15.0 Å². The molecular formula is C57H35N7. The Kier molecular flexibility index (Phi) is 7.27. The van der Waals surface area contributed by atoms with Crippen LogP contribution in [-0.2, 0) is 0 Å². The minimum Gasteiger partial charge on any atom is -0.309 e. The first-order chi connectivity index (χ1) is 31.8. The standard InChI is InChI=1S/C57H35N7/c1-9-25-46-37(17-1)38-18-2-10-26-47(38)61(46)36-33-34-54-45(35-36)43-23-7-15-31-52(43)64(54)57-59-55(58-56(60-57)63-50-29-13-5-21-41(50)42-22-6-14-30-51(42)63)44-24-8-16-32-53(44)62-48-27-11-3-19-39(48)40-20-4-12-28-49(40)62/h1-35H. The van der Waals surface area contributed by atoms with Crippen molar-refractivity contribution in [1.82, 2.24) is 33.2 Å². The Morgan fingerprint density at radius 2 is 0.578 bits per heavy atom. The van der Waals surface area contributed by atoms with Gasteiger partial charge in [0.1, 0.15) is 0 Å². The lowest BCUT2D eigenvalue weighted by Crippen LogP contribution is -2.11. The van der Waals surface area contributed by atoms with E-state index in [9.17, 15) is 0 Å². The van der Waals surface area contributed by atoms with Gasteiger partial charge in [0.05, 0.1) is 49.8 Å². The van der Waals surface area contributed by atoms with Gasteiger partial charge in [-0.15, -0.1) is 0 Å². The van der Waals surface area contributed by atoms with E-state index in [1.807, 2.05) is 0 Å². The minimum atomic E-state index is 0.537. The van der Waals surface area contributed by atoms with Gasteiger partial charge in [0.2, 0.25) is 11.9 Å². The number of hydrogen-bond donors (Lipinski definition) is 0. The fourth-order valence-corrected chi connectivity index (χ4v) is 10.4. The highest BCUT2D eigenvalue weighted by Gasteiger charge is 2.23. The molecule has 0 N–H and O–H groups in total. The fourth-order valence-electron chi connectivity index (χ4n) is 10.4. The predicted octanol–water partition coefficient (Wildman–Crippen LogP) is 13.9. The van der Waals surface area contributed by atoms with E-state index in [-0.39, 0.29) is 0 Å². The molecule has 9 aromatic carbocycles. The maximum absolute atomic E-state index is 5.51. The van der Waals surface area contributed by atoms with Crippen LogP contribution in [0.25, 0.3) is 122 Å². The molecule has 0 spiro atoms. The largest absolute Gasteiger partial charge is 0.309 e. The summed E-state index contributed by atoms with van der Waals surface area (Å²) in [5.41, 5.74) is 11.6. The quantitative estimate of drug-likeness (QED) is 0.174. The van der Waals surface area contributed by atoms with Crippen molar-refractivity contribution in [3.05, 3.63) is 212 Å². The van der Waals surface area contributed by atoms with E-state index in [0.717, 1.165) is 71.6 Å². The molecular weight excluding hydrogens is 783 g/mol. The van der Waals surface area contributed by atoms with Gasteiger partial charge in [-0.1, -0.05) is 140 Å². The Balaban J connectivity index is 1.07. The van der Waals surface area contributed by atoms with E-state index in [0.29, 0.717) is 17.7 Å². The number of fused-ring (bicyclic) bond motifs is 12. The molecule has 0 saturated carbocycles. The molecule has 298 valence electrons. The summed E-state index contributed by atoms with van der Waals surface area (Å²) < 4.78 is 9.13. The van der Waals surface area contributed by atoms with Gasteiger partial charge < -0.3 is 9.13 Å². The molecule has 5 aromatic heterocycles. The third-order valence-corrected chi connectivity index (χ3v) is 13.1. The van der Waals surface area contributed by atoms with Crippen LogP contribution in [0.15, 0.2) is 212 Å². The van der Waals surface area contributed by atoms with E-state index >= 15 is 0 Å². The van der Waals surface area contributed by atoms with Crippen LogP contribution in [0.2, 0.25) is 0 Å². The SMILES string of the molecule is c1ccc(-n2c3ccccc3c3ccccc32)c(-c2nc(-n3c4ccccc4c4ccccc43)nc(-n3c4ccccc4c4cc(-n5c6ccccc6c6ccccc65)ccc43)n2)c1. The topological polar surface area (TPSA) is 58.4 Å². The van der Waals surface area contributed by atoms with E-state index in [4.69, 9.17) is 15.0 Å². The molecule has 0 atom stereocenters. The monoisotopic (exact) mass is 817 g/mol. The van der Waals surface area contributed by atoms with Crippen molar-refractivity contribution in [2.24, 2.45) is 0 Å². The molecule has 7 nitrogen and oxygen atoms in total. The summed E-state index contributed by atoms with van der Waals surface area (Å²) in [6.07, 6.45) is 0. The van der Waals surface area contributed by atoms with E-state index < -0.39 is 0 Å². The van der Waals surface area contributed by atoms with E-state index in [2.05, 4.69) is 231 Å². The number of hydrogen-bond acceptors (Lipinski definition) is 3. The van der Waals surface area contributed by atoms with Gasteiger partial charge in [-0.05, 0) is 72.8 Å². The van der Waals surface area contributed by atoms with Crippen LogP contribution < -0.4 is 0 Å². The molecule has 7 heteroatoms.